The van der Waals surface area contributed by atoms with Gasteiger partial charge in [0.05, 0.1) is 0 Å². The van der Waals surface area contributed by atoms with Crippen molar-refractivity contribution in [2.75, 3.05) is 14.2 Å². The van der Waals surface area contributed by atoms with Gasteiger partial charge in [-0.05, 0) is 38.5 Å². The van der Waals surface area contributed by atoms with Crippen molar-refractivity contribution in [3.8, 4) is 0 Å². The fraction of sp³-hybridized carbons (Fsp3) is 1.00. The van der Waals surface area contributed by atoms with E-state index >= 15 is 0 Å². The van der Waals surface area contributed by atoms with E-state index in [-0.39, 0.29) is 0 Å². The van der Waals surface area contributed by atoms with Crippen molar-refractivity contribution in [1.82, 2.24) is 0 Å². The second-order valence-electron chi connectivity index (χ2n) is 5.85. The molecule has 1 aliphatic rings. The third-order valence-corrected chi connectivity index (χ3v) is 11.8. The molecule has 1 rings (SSSR count). The highest BCUT2D eigenvalue weighted by molar-refractivity contribution is 6.74. The van der Waals surface area contributed by atoms with E-state index in [1.54, 1.807) is 0 Å². The summed E-state index contributed by atoms with van der Waals surface area (Å²) in [5.74, 6) is 0. The maximum atomic E-state index is 6.24. The van der Waals surface area contributed by atoms with Crippen molar-refractivity contribution in [2.45, 2.75) is 82.7 Å². The summed E-state index contributed by atoms with van der Waals surface area (Å²) in [6.07, 6.45) is 8.69. The number of rotatable bonds is 6. The van der Waals surface area contributed by atoms with E-state index in [1.165, 1.54) is 44.9 Å². The van der Waals surface area contributed by atoms with Crippen LogP contribution in [-0.2, 0) is 8.85 Å². The van der Waals surface area contributed by atoms with E-state index in [0.717, 1.165) is 0 Å². The number of hydrogen-bond donors (Lipinski definition) is 0. The quantitative estimate of drug-likeness (QED) is 0.632. The first kappa shape index (κ1) is 16.2. The Morgan fingerprint density at radius 2 is 1.11 bits per heavy atom. The van der Waals surface area contributed by atoms with E-state index < -0.39 is 8.56 Å². The Morgan fingerprint density at radius 3 is 1.33 bits per heavy atom. The fourth-order valence-electron chi connectivity index (χ4n) is 4.74. The molecule has 0 radical (unpaired) electrons. The van der Waals surface area contributed by atoms with Crippen LogP contribution in [0.2, 0.25) is 10.1 Å². The third kappa shape index (κ3) is 1.90. The molecule has 0 aromatic heterocycles. The van der Waals surface area contributed by atoms with Gasteiger partial charge in [0, 0.05) is 24.3 Å². The van der Waals surface area contributed by atoms with Crippen LogP contribution in [0.3, 0.4) is 0 Å². The largest absolute Gasteiger partial charge is 0.397 e. The van der Waals surface area contributed by atoms with E-state index in [2.05, 4.69) is 27.7 Å². The number of hydrogen-bond acceptors (Lipinski definition) is 2. The second-order valence-corrected chi connectivity index (χ2v) is 10.0. The molecule has 1 heterocycles. The minimum Gasteiger partial charge on any atom is -0.397 e. The molecule has 0 saturated carbocycles. The van der Waals surface area contributed by atoms with Gasteiger partial charge >= 0.3 is 8.56 Å². The second kappa shape index (κ2) is 6.06. The molecule has 0 atom stereocenters. The van der Waals surface area contributed by atoms with Crippen LogP contribution in [0.1, 0.15) is 72.6 Å². The molecule has 0 N–H and O–H groups in total. The van der Waals surface area contributed by atoms with Gasteiger partial charge in [0.15, 0.2) is 0 Å². The van der Waals surface area contributed by atoms with Crippen LogP contribution in [0.25, 0.3) is 0 Å². The predicted molar refractivity (Wildman–Crippen MR) is 80.2 cm³/mol. The lowest BCUT2D eigenvalue weighted by molar-refractivity contribution is 0.122. The Kier molecular flexibility index (Phi) is 5.45. The standard InChI is InChI=1S/C15H32O2Si/c1-7-14(8-2)12-11-13-15(9-3,10-4)18(14,16-5)17-6/h7-13H2,1-6H3. The molecule has 0 aromatic carbocycles. The van der Waals surface area contributed by atoms with Crippen LogP contribution in [0.4, 0.5) is 0 Å². The summed E-state index contributed by atoms with van der Waals surface area (Å²) in [4.78, 5) is 0. The Morgan fingerprint density at radius 1 is 0.778 bits per heavy atom. The summed E-state index contributed by atoms with van der Waals surface area (Å²) in [5, 5.41) is 0.613. The summed E-state index contributed by atoms with van der Waals surface area (Å²) in [5.41, 5.74) is 0. The lowest BCUT2D eigenvalue weighted by atomic mass is 9.87. The van der Waals surface area contributed by atoms with Gasteiger partial charge in [0.25, 0.3) is 0 Å². The Bertz CT molecular complexity index is 231. The zero-order valence-electron chi connectivity index (χ0n) is 13.3. The van der Waals surface area contributed by atoms with Crippen LogP contribution < -0.4 is 0 Å². The van der Waals surface area contributed by atoms with Crippen LogP contribution in [-0.4, -0.2) is 22.8 Å². The van der Waals surface area contributed by atoms with Crippen LogP contribution >= 0.6 is 0 Å². The van der Waals surface area contributed by atoms with E-state index in [0.29, 0.717) is 10.1 Å². The van der Waals surface area contributed by atoms with Crippen LogP contribution in [0.15, 0.2) is 0 Å². The lowest BCUT2D eigenvalue weighted by Crippen LogP contribution is -2.62. The van der Waals surface area contributed by atoms with Gasteiger partial charge in [-0.1, -0.05) is 34.1 Å². The van der Waals surface area contributed by atoms with Crippen molar-refractivity contribution in [1.29, 1.82) is 0 Å². The Labute approximate surface area is 115 Å². The van der Waals surface area contributed by atoms with Gasteiger partial charge in [0.1, 0.15) is 0 Å². The smallest absolute Gasteiger partial charge is 0.350 e. The molecule has 0 aliphatic carbocycles. The summed E-state index contributed by atoms with van der Waals surface area (Å²) >= 11 is 0. The van der Waals surface area contributed by atoms with Gasteiger partial charge in [0.2, 0.25) is 0 Å². The maximum Gasteiger partial charge on any atom is 0.350 e. The van der Waals surface area contributed by atoms with Gasteiger partial charge in [-0.3, -0.25) is 0 Å². The predicted octanol–water partition coefficient (Wildman–Crippen LogP) is 5.03. The summed E-state index contributed by atoms with van der Waals surface area (Å²) in [7, 11) is 1.62. The normalized spacial score (nSPS) is 25.0. The molecule has 0 aromatic rings. The van der Waals surface area contributed by atoms with E-state index in [1.807, 2.05) is 14.2 Å². The highest BCUT2D eigenvalue weighted by Crippen LogP contribution is 2.67. The molecular weight excluding hydrogens is 240 g/mol. The zero-order valence-corrected chi connectivity index (χ0v) is 14.3. The first-order chi connectivity index (χ1) is 8.57. The molecule has 108 valence electrons. The molecule has 1 fully saturated rings. The van der Waals surface area contributed by atoms with E-state index in [4.69, 9.17) is 8.85 Å². The van der Waals surface area contributed by atoms with Crippen molar-refractivity contribution in [2.24, 2.45) is 0 Å². The van der Waals surface area contributed by atoms with Crippen molar-refractivity contribution in [3.05, 3.63) is 0 Å². The first-order valence-electron chi connectivity index (χ1n) is 7.67. The van der Waals surface area contributed by atoms with Crippen LogP contribution in [0, 0.1) is 0 Å². The average molecular weight is 273 g/mol. The average Bonchev–Trinajstić information content (AvgIpc) is 2.45. The van der Waals surface area contributed by atoms with Crippen molar-refractivity contribution in [3.63, 3.8) is 0 Å². The molecule has 3 heteroatoms. The lowest BCUT2D eigenvalue weighted by Gasteiger charge is -2.58. The Hall–Kier alpha value is 0.137. The molecule has 0 unspecified atom stereocenters. The summed E-state index contributed by atoms with van der Waals surface area (Å²) in [6.45, 7) is 9.30. The molecular formula is C15H32O2Si. The maximum absolute atomic E-state index is 6.24. The topological polar surface area (TPSA) is 18.5 Å². The molecule has 0 bridgehead atoms. The monoisotopic (exact) mass is 272 g/mol. The van der Waals surface area contributed by atoms with Crippen molar-refractivity contribution < 1.29 is 8.85 Å². The molecule has 2 nitrogen and oxygen atoms in total. The van der Waals surface area contributed by atoms with Gasteiger partial charge in [-0.15, -0.1) is 0 Å². The van der Waals surface area contributed by atoms with Gasteiger partial charge < -0.3 is 8.85 Å². The minimum absolute atomic E-state index is 0.306. The molecule has 1 aliphatic heterocycles. The first-order valence-corrected chi connectivity index (χ1v) is 9.49. The van der Waals surface area contributed by atoms with Gasteiger partial charge in [-0.2, -0.15) is 0 Å². The van der Waals surface area contributed by atoms with Gasteiger partial charge in [-0.25, -0.2) is 0 Å². The van der Waals surface area contributed by atoms with E-state index in [9.17, 15) is 0 Å². The molecule has 0 amide bonds. The molecule has 1 saturated heterocycles. The molecule has 18 heavy (non-hydrogen) atoms. The van der Waals surface area contributed by atoms with Crippen LogP contribution in [0.5, 0.6) is 0 Å². The van der Waals surface area contributed by atoms with Crippen molar-refractivity contribution >= 4 is 8.56 Å². The zero-order chi connectivity index (χ0) is 13.9. The summed E-state index contributed by atoms with van der Waals surface area (Å²) in [6, 6.07) is 0. The minimum atomic E-state index is -2.19. The Balaban J connectivity index is 3.37. The highest BCUT2D eigenvalue weighted by Gasteiger charge is 2.67. The SMILES string of the molecule is CCC1(CC)CCCC(CC)(CC)[Si]1(OC)OC. The highest BCUT2D eigenvalue weighted by atomic mass is 28.4. The molecule has 0 spiro atoms. The third-order valence-electron chi connectivity index (χ3n) is 5.99. The fourth-order valence-corrected chi connectivity index (χ4v) is 10.6. The summed E-state index contributed by atoms with van der Waals surface area (Å²) < 4.78 is 12.5.